The third kappa shape index (κ3) is 11.2. The van der Waals surface area contributed by atoms with Crippen molar-refractivity contribution >= 4 is 5.97 Å². The molecular weight excluding hydrogens is 380 g/mol. The van der Waals surface area contributed by atoms with Gasteiger partial charge in [0.2, 0.25) is 0 Å². The van der Waals surface area contributed by atoms with Gasteiger partial charge in [0.05, 0.1) is 0 Å². The highest BCUT2D eigenvalue weighted by molar-refractivity contribution is 5.70. The van der Waals surface area contributed by atoms with Gasteiger partial charge >= 0.3 is 5.97 Å². The predicted octanol–water partition coefficient (Wildman–Crippen LogP) is 8.80. The van der Waals surface area contributed by atoms with Gasteiger partial charge in [-0.3, -0.25) is 4.79 Å². The number of ether oxygens (including phenoxy) is 1. The minimum atomic E-state index is -0.322. The molecule has 0 aliphatic heterocycles. The van der Waals surface area contributed by atoms with Crippen molar-refractivity contribution in [3.63, 3.8) is 0 Å². The monoisotopic (exact) mass is 422 g/mol. The Kier molecular flexibility index (Phi) is 13.5. The molecule has 0 saturated heterocycles. The van der Waals surface area contributed by atoms with Crippen molar-refractivity contribution in [1.82, 2.24) is 0 Å². The lowest BCUT2D eigenvalue weighted by Gasteiger charge is -2.19. The van der Waals surface area contributed by atoms with Gasteiger partial charge in [0.15, 0.2) is 6.10 Å². The molecule has 0 amide bonds. The second kappa shape index (κ2) is 16.6. The molecule has 2 rings (SSSR count). The standard InChI is InChI=1S/C29H42O2/c1-2-3-4-5-6-7-8-9-10-11-12-13-20-25-28(30)31-29(26-21-16-14-17-22-26)27-23-18-15-19-24-27/h14-19,21-24,29H,2-13,20,25H2,1H3. The van der Waals surface area contributed by atoms with Gasteiger partial charge in [0.1, 0.15) is 0 Å². The lowest BCUT2D eigenvalue weighted by molar-refractivity contribution is -0.147. The topological polar surface area (TPSA) is 26.3 Å². The number of rotatable bonds is 17. The lowest BCUT2D eigenvalue weighted by Crippen LogP contribution is -2.12. The van der Waals surface area contributed by atoms with Crippen LogP contribution in [0.1, 0.15) is 114 Å². The molecule has 2 aromatic carbocycles. The van der Waals surface area contributed by atoms with Gasteiger partial charge in [0.25, 0.3) is 0 Å². The highest BCUT2D eigenvalue weighted by Crippen LogP contribution is 2.26. The normalized spacial score (nSPS) is 11.0. The molecule has 0 unspecified atom stereocenters. The molecule has 31 heavy (non-hydrogen) atoms. The van der Waals surface area contributed by atoms with Crippen molar-refractivity contribution in [2.24, 2.45) is 0 Å². The van der Waals surface area contributed by atoms with Gasteiger partial charge in [0, 0.05) is 6.42 Å². The number of hydrogen-bond acceptors (Lipinski definition) is 2. The maximum atomic E-state index is 12.5. The van der Waals surface area contributed by atoms with Gasteiger partial charge in [-0.05, 0) is 17.5 Å². The lowest BCUT2D eigenvalue weighted by atomic mass is 10.0. The van der Waals surface area contributed by atoms with Crippen molar-refractivity contribution < 1.29 is 9.53 Å². The van der Waals surface area contributed by atoms with Crippen molar-refractivity contribution in [3.05, 3.63) is 71.8 Å². The van der Waals surface area contributed by atoms with Gasteiger partial charge in [-0.1, -0.05) is 145 Å². The van der Waals surface area contributed by atoms with Crippen LogP contribution in [0.4, 0.5) is 0 Å². The average molecular weight is 423 g/mol. The third-order valence-corrected chi connectivity index (χ3v) is 5.94. The molecule has 0 aliphatic carbocycles. The fourth-order valence-electron chi connectivity index (χ4n) is 4.06. The number of esters is 1. The Balaban J connectivity index is 1.56. The van der Waals surface area contributed by atoms with Crippen molar-refractivity contribution in [1.29, 1.82) is 0 Å². The minimum Gasteiger partial charge on any atom is -0.453 e. The molecule has 2 nitrogen and oxygen atoms in total. The van der Waals surface area contributed by atoms with Crippen LogP contribution in [-0.4, -0.2) is 5.97 Å². The number of carbonyl (C=O) groups excluding carboxylic acids is 1. The van der Waals surface area contributed by atoms with Gasteiger partial charge < -0.3 is 4.74 Å². The molecule has 0 fully saturated rings. The van der Waals surface area contributed by atoms with E-state index in [1.165, 1.54) is 70.6 Å². The zero-order valence-corrected chi connectivity index (χ0v) is 19.6. The van der Waals surface area contributed by atoms with Crippen molar-refractivity contribution in [2.75, 3.05) is 0 Å². The summed E-state index contributed by atoms with van der Waals surface area (Å²) in [5, 5.41) is 0. The van der Waals surface area contributed by atoms with Crippen LogP contribution in [0, 0.1) is 0 Å². The van der Waals surface area contributed by atoms with E-state index in [1.54, 1.807) is 0 Å². The van der Waals surface area contributed by atoms with E-state index in [2.05, 4.69) is 6.92 Å². The third-order valence-electron chi connectivity index (χ3n) is 5.94. The van der Waals surface area contributed by atoms with Gasteiger partial charge in [-0.25, -0.2) is 0 Å². The molecule has 0 saturated carbocycles. The maximum absolute atomic E-state index is 12.5. The Hall–Kier alpha value is -2.09. The molecule has 2 heteroatoms. The summed E-state index contributed by atoms with van der Waals surface area (Å²) in [5.41, 5.74) is 2.04. The molecular formula is C29H42O2. The Morgan fingerprint density at radius 1 is 0.613 bits per heavy atom. The molecule has 170 valence electrons. The van der Waals surface area contributed by atoms with Crippen LogP contribution >= 0.6 is 0 Å². The summed E-state index contributed by atoms with van der Waals surface area (Å²) in [4.78, 5) is 12.5. The summed E-state index contributed by atoms with van der Waals surface area (Å²) >= 11 is 0. The van der Waals surface area contributed by atoms with Gasteiger partial charge in [-0.15, -0.1) is 0 Å². The van der Waals surface area contributed by atoms with Crippen LogP contribution in [0.5, 0.6) is 0 Å². The Labute approximate surface area is 190 Å². The molecule has 0 radical (unpaired) electrons. The van der Waals surface area contributed by atoms with E-state index in [0.717, 1.165) is 24.0 Å². The van der Waals surface area contributed by atoms with Gasteiger partial charge in [-0.2, -0.15) is 0 Å². The quantitative estimate of drug-likeness (QED) is 0.188. The van der Waals surface area contributed by atoms with Crippen molar-refractivity contribution in [3.8, 4) is 0 Å². The minimum absolute atomic E-state index is 0.0965. The van der Waals surface area contributed by atoms with E-state index < -0.39 is 0 Å². The molecule has 0 aromatic heterocycles. The highest BCUT2D eigenvalue weighted by atomic mass is 16.5. The maximum Gasteiger partial charge on any atom is 0.306 e. The van der Waals surface area contributed by atoms with E-state index in [9.17, 15) is 4.79 Å². The average Bonchev–Trinajstić information content (AvgIpc) is 2.81. The Morgan fingerprint density at radius 2 is 1.00 bits per heavy atom. The molecule has 0 atom stereocenters. The molecule has 0 spiro atoms. The first-order valence-electron chi connectivity index (χ1n) is 12.6. The fraction of sp³-hybridized carbons (Fsp3) is 0.552. The summed E-state index contributed by atoms with van der Waals surface area (Å²) in [6.07, 6.45) is 17.2. The molecule has 0 heterocycles. The largest absolute Gasteiger partial charge is 0.453 e. The second-order valence-corrected chi connectivity index (χ2v) is 8.68. The summed E-state index contributed by atoms with van der Waals surface area (Å²) in [5.74, 6) is -0.0965. The number of benzene rings is 2. The SMILES string of the molecule is CCCCCCCCCCCCCCCC(=O)OC(c1ccccc1)c1ccccc1. The predicted molar refractivity (Wildman–Crippen MR) is 131 cm³/mol. The van der Waals surface area contributed by atoms with Crippen LogP contribution in [0.3, 0.4) is 0 Å². The first-order valence-corrected chi connectivity index (χ1v) is 12.6. The van der Waals surface area contributed by atoms with E-state index in [0.29, 0.717) is 6.42 Å². The second-order valence-electron chi connectivity index (χ2n) is 8.68. The van der Waals surface area contributed by atoms with E-state index in [1.807, 2.05) is 60.7 Å². The van der Waals surface area contributed by atoms with Crippen LogP contribution in [-0.2, 0) is 9.53 Å². The Bertz CT molecular complexity index is 641. The summed E-state index contributed by atoms with van der Waals surface area (Å²) < 4.78 is 5.89. The summed E-state index contributed by atoms with van der Waals surface area (Å²) in [6, 6.07) is 20.0. The zero-order chi connectivity index (χ0) is 22.0. The highest BCUT2D eigenvalue weighted by Gasteiger charge is 2.18. The van der Waals surface area contributed by atoms with E-state index in [-0.39, 0.29) is 12.1 Å². The van der Waals surface area contributed by atoms with Crippen molar-refractivity contribution in [2.45, 2.75) is 103 Å². The van der Waals surface area contributed by atoms with E-state index in [4.69, 9.17) is 4.74 Å². The summed E-state index contributed by atoms with van der Waals surface area (Å²) in [7, 11) is 0. The smallest absolute Gasteiger partial charge is 0.306 e. The first kappa shape index (κ1) is 25.2. The molecule has 2 aromatic rings. The number of carbonyl (C=O) groups is 1. The number of unbranched alkanes of at least 4 members (excludes halogenated alkanes) is 12. The van der Waals surface area contributed by atoms with Crippen LogP contribution < -0.4 is 0 Å². The fourth-order valence-corrected chi connectivity index (χ4v) is 4.06. The van der Waals surface area contributed by atoms with Crippen LogP contribution in [0.25, 0.3) is 0 Å². The number of hydrogen-bond donors (Lipinski definition) is 0. The van der Waals surface area contributed by atoms with Crippen LogP contribution in [0.2, 0.25) is 0 Å². The molecule has 0 N–H and O–H groups in total. The zero-order valence-electron chi connectivity index (χ0n) is 19.6. The Morgan fingerprint density at radius 3 is 1.42 bits per heavy atom. The summed E-state index contributed by atoms with van der Waals surface area (Å²) in [6.45, 7) is 2.27. The first-order chi connectivity index (χ1) is 15.3. The molecule has 0 bridgehead atoms. The van der Waals surface area contributed by atoms with Crippen LogP contribution in [0.15, 0.2) is 60.7 Å². The van der Waals surface area contributed by atoms with E-state index >= 15 is 0 Å². The molecule has 0 aliphatic rings.